The summed E-state index contributed by atoms with van der Waals surface area (Å²) in [5.41, 5.74) is 1.13. The van der Waals surface area contributed by atoms with Crippen LogP contribution >= 0.6 is 0 Å². The third-order valence-corrected chi connectivity index (χ3v) is 4.17. The average molecular weight is 286 g/mol. The number of furan rings is 1. The zero-order valence-electron chi connectivity index (χ0n) is 11.6. The maximum atomic E-state index is 11.1. The van der Waals surface area contributed by atoms with E-state index in [-0.39, 0.29) is 5.75 Å². The number of hydrogen-bond acceptors (Lipinski definition) is 5. The highest BCUT2D eigenvalue weighted by Crippen LogP contribution is 2.20. The molecular weight excluding hydrogens is 264 g/mol. The van der Waals surface area contributed by atoms with E-state index in [1.807, 2.05) is 18.0 Å². The highest BCUT2D eigenvalue weighted by atomic mass is 32.2. The lowest BCUT2D eigenvalue weighted by Gasteiger charge is -2.15. The van der Waals surface area contributed by atoms with Gasteiger partial charge in [0.2, 0.25) is 0 Å². The summed E-state index contributed by atoms with van der Waals surface area (Å²) < 4.78 is 27.8. The fraction of sp³-hybridized carbons (Fsp3) is 0.692. The van der Waals surface area contributed by atoms with Crippen molar-refractivity contribution in [3.05, 3.63) is 23.7 Å². The van der Waals surface area contributed by atoms with E-state index >= 15 is 0 Å². The summed E-state index contributed by atoms with van der Waals surface area (Å²) in [6.45, 7) is 2.01. The van der Waals surface area contributed by atoms with Crippen molar-refractivity contribution >= 4 is 9.84 Å². The number of nitrogens with one attached hydrogen (secondary N) is 1. The molecule has 5 nitrogen and oxygen atoms in total. The first-order valence-electron chi connectivity index (χ1n) is 6.59. The summed E-state index contributed by atoms with van der Waals surface area (Å²) in [7, 11) is -0.972. The maximum absolute atomic E-state index is 11.1. The number of hydrogen-bond donors (Lipinski definition) is 1. The molecule has 1 N–H and O–H groups in total. The lowest BCUT2D eigenvalue weighted by Crippen LogP contribution is -2.25. The second-order valence-electron chi connectivity index (χ2n) is 5.39. The summed E-state index contributed by atoms with van der Waals surface area (Å²) in [5, 5.41) is 3.42. The molecule has 2 rings (SSSR count). The minimum absolute atomic E-state index is 0.191. The first-order valence-corrected chi connectivity index (χ1v) is 8.65. The largest absolute Gasteiger partial charge is 0.468 e. The molecule has 1 aliphatic rings. The molecule has 6 heteroatoms. The van der Waals surface area contributed by atoms with Crippen molar-refractivity contribution in [2.45, 2.75) is 32.0 Å². The van der Waals surface area contributed by atoms with Crippen LogP contribution in [0.1, 0.15) is 24.2 Å². The van der Waals surface area contributed by atoms with E-state index in [2.05, 4.69) is 5.32 Å². The Labute approximate surface area is 114 Å². The van der Waals surface area contributed by atoms with Crippen LogP contribution in [0.25, 0.3) is 0 Å². The van der Waals surface area contributed by atoms with Gasteiger partial charge >= 0.3 is 0 Å². The first kappa shape index (κ1) is 14.6. The summed E-state index contributed by atoms with van der Waals surface area (Å²) in [6, 6.07) is 2.61. The Kier molecular flexibility index (Phi) is 4.65. The van der Waals surface area contributed by atoms with Crippen LogP contribution in [0.2, 0.25) is 0 Å². The monoisotopic (exact) mass is 286 g/mol. The van der Waals surface area contributed by atoms with Crippen molar-refractivity contribution in [2.75, 3.05) is 25.6 Å². The lowest BCUT2D eigenvalue weighted by molar-refractivity contribution is 0.340. The average Bonchev–Trinajstić information content (AvgIpc) is 3.05. The molecule has 108 valence electrons. The fourth-order valence-corrected chi connectivity index (χ4v) is 2.52. The summed E-state index contributed by atoms with van der Waals surface area (Å²) in [4.78, 5) is 2.01. The second kappa shape index (κ2) is 6.07. The minimum Gasteiger partial charge on any atom is -0.468 e. The van der Waals surface area contributed by atoms with Crippen LogP contribution in [0.4, 0.5) is 0 Å². The van der Waals surface area contributed by atoms with Gasteiger partial charge in [-0.3, -0.25) is 0 Å². The van der Waals surface area contributed by atoms with Gasteiger partial charge < -0.3 is 14.6 Å². The van der Waals surface area contributed by atoms with Gasteiger partial charge in [0.25, 0.3) is 0 Å². The van der Waals surface area contributed by atoms with Gasteiger partial charge in [-0.25, -0.2) is 8.42 Å². The molecule has 0 aliphatic heterocycles. The zero-order chi connectivity index (χ0) is 13.9. The van der Waals surface area contributed by atoms with Crippen molar-refractivity contribution in [3.63, 3.8) is 0 Å². The second-order valence-corrected chi connectivity index (χ2v) is 7.65. The van der Waals surface area contributed by atoms with Gasteiger partial charge in [0.15, 0.2) is 0 Å². The molecule has 1 saturated carbocycles. The van der Waals surface area contributed by atoms with E-state index in [9.17, 15) is 8.42 Å². The lowest BCUT2D eigenvalue weighted by atomic mass is 10.2. The van der Waals surface area contributed by atoms with Gasteiger partial charge in [0.1, 0.15) is 15.6 Å². The number of rotatable bonds is 8. The summed E-state index contributed by atoms with van der Waals surface area (Å²) in [5.74, 6) is 1.15. The number of nitrogens with zero attached hydrogens (tertiary/aromatic N) is 1. The molecule has 1 aromatic rings. The van der Waals surface area contributed by atoms with E-state index in [0.29, 0.717) is 19.1 Å². The third kappa shape index (κ3) is 5.34. The van der Waals surface area contributed by atoms with Gasteiger partial charge in [0, 0.05) is 31.0 Å². The fourth-order valence-electron chi connectivity index (χ4n) is 1.88. The van der Waals surface area contributed by atoms with Crippen LogP contribution in [0.15, 0.2) is 16.7 Å². The molecule has 1 heterocycles. The molecule has 0 atom stereocenters. The van der Waals surface area contributed by atoms with Crippen LogP contribution in [0, 0.1) is 0 Å². The SMILES string of the molecule is CN(CCS(C)(=O)=O)Cc1ccoc1CNC1CC1. The van der Waals surface area contributed by atoms with Crippen LogP contribution < -0.4 is 5.32 Å². The minimum atomic E-state index is -2.90. The van der Waals surface area contributed by atoms with Gasteiger partial charge in [-0.05, 0) is 26.0 Å². The molecule has 0 saturated heterocycles. The first-order chi connectivity index (χ1) is 8.94. The molecule has 0 spiro atoms. The van der Waals surface area contributed by atoms with Crippen molar-refractivity contribution in [3.8, 4) is 0 Å². The van der Waals surface area contributed by atoms with Crippen molar-refractivity contribution in [2.24, 2.45) is 0 Å². The van der Waals surface area contributed by atoms with Crippen LogP contribution in [0.3, 0.4) is 0 Å². The Hall–Kier alpha value is -0.850. The van der Waals surface area contributed by atoms with Crippen molar-refractivity contribution < 1.29 is 12.8 Å². The molecule has 1 aromatic heterocycles. The Morgan fingerprint density at radius 1 is 1.47 bits per heavy atom. The van der Waals surface area contributed by atoms with Gasteiger partial charge in [-0.1, -0.05) is 0 Å². The molecule has 0 bridgehead atoms. The highest BCUT2D eigenvalue weighted by molar-refractivity contribution is 7.90. The van der Waals surface area contributed by atoms with E-state index in [4.69, 9.17) is 4.42 Å². The van der Waals surface area contributed by atoms with E-state index in [1.165, 1.54) is 19.1 Å². The Morgan fingerprint density at radius 3 is 2.84 bits per heavy atom. The highest BCUT2D eigenvalue weighted by Gasteiger charge is 2.21. The van der Waals surface area contributed by atoms with E-state index in [0.717, 1.165) is 17.9 Å². The molecular formula is C13H22N2O3S. The Balaban J connectivity index is 1.82. The van der Waals surface area contributed by atoms with Crippen LogP contribution in [-0.2, 0) is 22.9 Å². The van der Waals surface area contributed by atoms with Gasteiger partial charge in [-0.15, -0.1) is 0 Å². The maximum Gasteiger partial charge on any atom is 0.148 e. The van der Waals surface area contributed by atoms with E-state index in [1.54, 1.807) is 6.26 Å². The summed E-state index contributed by atoms with van der Waals surface area (Å²) in [6.07, 6.45) is 5.47. The molecule has 1 fully saturated rings. The predicted molar refractivity (Wildman–Crippen MR) is 74.6 cm³/mol. The van der Waals surface area contributed by atoms with E-state index < -0.39 is 9.84 Å². The van der Waals surface area contributed by atoms with Crippen molar-refractivity contribution in [1.29, 1.82) is 0 Å². The van der Waals surface area contributed by atoms with Crippen LogP contribution in [0.5, 0.6) is 0 Å². The van der Waals surface area contributed by atoms with Crippen molar-refractivity contribution in [1.82, 2.24) is 10.2 Å². The smallest absolute Gasteiger partial charge is 0.148 e. The molecule has 0 amide bonds. The number of sulfone groups is 1. The molecule has 1 aliphatic carbocycles. The zero-order valence-corrected chi connectivity index (χ0v) is 12.4. The molecule has 0 unspecified atom stereocenters. The third-order valence-electron chi connectivity index (χ3n) is 3.25. The Morgan fingerprint density at radius 2 is 2.21 bits per heavy atom. The topological polar surface area (TPSA) is 62.6 Å². The standard InChI is InChI=1S/C13H22N2O3S/c1-15(6-8-19(2,16)17)10-11-5-7-18-13(11)9-14-12-3-4-12/h5,7,12,14H,3-4,6,8-10H2,1-2H3. The van der Waals surface area contributed by atoms with Crippen LogP contribution in [-0.4, -0.2) is 45.0 Å². The Bertz CT molecular complexity index is 506. The molecule has 19 heavy (non-hydrogen) atoms. The van der Waals surface area contributed by atoms with Gasteiger partial charge in [0.05, 0.1) is 18.6 Å². The normalized spacial score (nSPS) is 16.2. The molecule has 0 radical (unpaired) electrons. The quantitative estimate of drug-likeness (QED) is 0.773. The molecule has 0 aromatic carbocycles. The summed E-state index contributed by atoms with van der Waals surface area (Å²) >= 11 is 0. The van der Waals surface area contributed by atoms with Gasteiger partial charge in [-0.2, -0.15) is 0 Å². The predicted octanol–water partition coefficient (Wildman–Crippen LogP) is 1.01.